The van der Waals surface area contributed by atoms with E-state index in [0.717, 1.165) is 37.6 Å². The van der Waals surface area contributed by atoms with E-state index in [0.29, 0.717) is 6.04 Å². The number of aryl methyl sites for hydroxylation is 2. The summed E-state index contributed by atoms with van der Waals surface area (Å²) < 4.78 is 2.09. The summed E-state index contributed by atoms with van der Waals surface area (Å²) in [5, 5.41) is 0. The number of hydrogen-bond donors (Lipinski definition) is 0. The van der Waals surface area contributed by atoms with Gasteiger partial charge in [0.25, 0.3) is 0 Å². The van der Waals surface area contributed by atoms with Crippen molar-refractivity contribution in [2.24, 2.45) is 7.05 Å². The topological polar surface area (TPSA) is 50.1 Å². The standard InChI is InChI=1S/C15H22N6/c1-12-6-15(18-10-17-12)20(3)13-4-5-21(8-13)9-14-7-16-11-19(14)2/h6-7,10-11,13H,4-5,8-9H2,1-3H3. The smallest absolute Gasteiger partial charge is 0.132 e. The first kappa shape index (κ1) is 14.0. The number of hydrogen-bond acceptors (Lipinski definition) is 5. The molecule has 0 spiro atoms. The third kappa shape index (κ3) is 3.05. The van der Waals surface area contributed by atoms with Crippen molar-refractivity contribution in [2.75, 3.05) is 25.0 Å². The van der Waals surface area contributed by atoms with E-state index in [2.05, 4.69) is 36.4 Å². The summed E-state index contributed by atoms with van der Waals surface area (Å²) in [6.07, 6.45) is 6.62. The Morgan fingerprint density at radius 1 is 1.38 bits per heavy atom. The highest BCUT2D eigenvalue weighted by atomic mass is 15.3. The molecule has 6 heteroatoms. The van der Waals surface area contributed by atoms with Crippen LogP contribution in [0.4, 0.5) is 5.82 Å². The molecule has 0 bridgehead atoms. The van der Waals surface area contributed by atoms with Crippen LogP contribution >= 0.6 is 0 Å². The number of likely N-dealkylation sites (tertiary alicyclic amines) is 1. The van der Waals surface area contributed by atoms with Gasteiger partial charge in [0.15, 0.2) is 0 Å². The molecule has 0 aliphatic carbocycles. The van der Waals surface area contributed by atoms with Crippen LogP contribution in [0.5, 0.6) is 0 Å². The molecule has 0 saturated carbocycles. The van der Waals surface area contributed by atoms with E-state index in [9.17, 15) is 0 Å². The van der Waals surface area contributed by atoms with Crippen LogP contribution in [-0.4, -0.2) is 50.6 Å². The Bertz CT molecular complexity index is 608. The third-order valence-corrected chi connectivity index (χ3v) is 4.25. The summed E-state index contributed by atoms with van der Waals surface area (Å²) >= 11 is 0. The maximum atomic E-state index is 4.38. The second-order valence-corrected chi connectivity index (χ2v) is 5.80. The van der Waals surface area contributed by atoms with Gasteiger partial charge in [0.05, 0.1) is 12.0 Å². The molecule has 1 aliphatic heterocycles. The van der Waals surface area contributed by atoms with Gasteiger partial charge in [-0.25, -0.2) is 15.0 Å². The third-order valence-electron chi connectivity index (χ3n) is 4.25. The van der Waals surface area contributed by atoms with Crippen molar-refractivity contribution in [2.45, 2.75) is 25.9 Å². The summed E-state index contributed by atoms with van der Waals surface area (Å²) in [6, 6.07) is 2.55. The lowest BCUT2D eigenvalue weighted by Gasteiger charge is -2.26. The van der Waals surface area contributed by atoms with Gasteiger partial charge in [-0.2, -0.15) is 0 Å². The molecule has 1 saturated heterocycles. The van der Waals surface area contributed by atoms with Crippen LogP contribution in [0.3, 0.4) is 0 Å². The highest BCUT2D eigenvalue weighted by Crippen LogP contribution is 2.21. The Kier molecular flexibility index (Phi) is 3.88. The summed E-state index contributed by atoms with van der Waals surface area (Å²) in [4.78, 5) is 17.5. The van der Waals surface area contributed by atoms with Crippen molar-refractivity contribution in [1.82, 2.24) is 24.4 Å². The minimum Gasteiger partial charge on any atom is -0.355 e. The fraction of sp³-hybridized carbons (Fsp3) is 0.533. The van der Waals surface area contributed by atoms with Gasteiger partial charge in [-0.15, -0.1) is 0 Å². The molecule has 1 fully saturated rings. The molecule has 2 aromatic rings. The molecule has 0 radical (unpaired) electrons. The first-order valence-corrected chi connectivity index (χ1v) is 7.32. The van der Waals surface area contributed by atoms with Crippen LogP contribution in [0.2, 0.25) is 0 Å². The predicted octanol–water partition coefficient (Wildman–Crippen LogP) is 1.23. The highest BCUT2D eigenvalue weighted by Gasteiger charge is 2.27. The minimum absolute atomic E-state index is 0.507. The molecule has 2 aromatic heterocycles. The second-order valence-electron chi connectivity index (χ2n) is 5.80. The molecule has 1 unspecified atom stereocenters. The van der Waals surface area contributed by atoms with Gasteiger partial charge >= 0.3 is 0 Å². The van der Waals surface area contributed by atoms with Gasteiger partial charge in [0, 0.05) is 57.7 Å². The number of nitrogens with zero attached hydrogens (tertiary/aromatic N) is 6. The molecule has 3 heterocycles. The number of aromatic nitrogens is 4. The van der Waals surface area contributed by atoms with E-state index in [1.165, 1.54) is 5.69 Å². The van der Waals surface area contributed by atoms with Crippen LogP contribution in [0, 0.1) is 6.92 Å². The molecule has 0 N–H and O–H groups in total. The van der Waals surface area contributed by atoms with Gasteiger partial charge in [0.2, 0.25) is 0 Å². The van der Waals surface area contributed by atoms with E-state index in [1.54, 1.807) is 6.33 Å². The fourth-order valence-electron chi connectivity index (χ4n) is 2.86. The van der Waals surface area contributed by atoms with Crippen molar-refractivity contribution < 1.29 is 0 Å². The molecule has 21 heavy (non-hydrogen) atoms. The van der Waals surface area contributed by atoms with Crippen LogP contribution in [0.25, 0.3) is 0 Å². The Morgan fingerprint density at radius 3 is 2.95 bits per heavy atom. The zero-order valence-corrected chi connectivity index (χ0v) is 12.9. The molecule has 1 aliphatic rings. The molecule has 112 valence electrons. The lowest BCUT2D eigenvalue weighted by Crippen LogP contribution is -2.35. The molecule has 0 aromatic carbocycles. The van der Waals surface area contributed by atoms with Gasteiger partial charge in [-0.3, -0.25) is 4.90 Å². The zero-order valence-electron chi connectivity index (χ0n) is 12.9. The first-order valence-electron chi connectivity index (χ1n) is 7.32. The molecule has 3 rings (SSSR count). The first-order chi connectivity index (χ1) is 10.1. The zero-order chi connectivity index (χ0) is 14.8. The van der Waals surface area contributed by atoms with Crippen molar-refractivity contribution in [3.8, 4) is 0 Å². The lowest BCUT2D eigenvalue weighted by atomic mass is 10.2. The Labute approximate surface area is 125 Å². The number of likely N-dealkylation sites (N-methyl/N-ethyl adjacent to an activating group) is 1. The lowest BCUT2D eigenvalue weighted by molar-refractivity contribution is 0.318. The van der Waals surface area contributed by atoms with E-state index >= 15 is 0 Å². The van der Waals surface area contributed by atoms with E-state index < -0.39 is 0 Å². The number of rotatable bonds is 4. The van der Waals surface area contributed by atoms with Crippen LogP contribution in [0.15, 0.2) is 24.9 Å². The summed E-state index contributed by atoms with van der Waals surface area (Å²) in [6.45, 7) is 5.14. The van der Waals surface area contributed by atoms with Crippen molar-refractivity contribution in [3.63, 3.8) is 0 Å². The van der Waals surface area contributed by atoms with E-state index in [4.69, 9.17) is 0 Å². The summed E-state index contributed by atoms with van der Waals surface area (Å²) in [5.74, 6) is 1.01. The van der Waals surface area contributed by atoms with Gasteiger partial charge < -0.3 is 9.47 Å². The quantitative estimate of drug-likeness (QED) is 0.846. The maximum Gasteiger partial charge on any atom is 0.132 e. The normalized spacial score (nSPS) is 19.1. The summed E-state index contributed by atoms with van der Waals surface area (Å²) in [7, 11) is 4.17. The number of anilines is 1. The van der Waals surface area contributed by atoms with Crippen molar-refractivity contribution in [3.05, 3.63) is 36.3 Å². The van der Waals surface area contributed by atoms with Crippen molar-refractivity contribution in [1.29, 1.82) is 0 Å². The number of imidazole rings is 1. The largest absolute Gasteiger partial charge is 0.355 e. The van der Waals surface area contributed by atoms with Crippen LogP contribution in [-0.2, 0) is 13.6 Å². The Morgan fingerprint density at radius 2 is 2.24 bits per heavy atom. The predicted molar refractivity (Wildman–Crippen MR) is 82.1 cm³/mol. The Hall–Kier alpha value is -1.95. The van der Waals surface area contributed by atoms with E-state index in [1.807, 2.05) is 32.6 Å². The molecular formula is C15H22N6. The maximum absolute atomic E-state index is 4.38. The van der Waals surface area contributed by atoms with Crippen LogP contribution < -0.4 is 4.90 Å². The van der Waals surface area contributed by atoms with Gasteiger partial charge in [-0.1, -0.05) is 0 Å². The van der Waals surface area contributed by atoms with Crippen LogP contribution in [0.1, 0.15) is 17.8 Å². The average Bonchev–Trinajstić information content (AvgIpc) is 3.09. The van der Waals surface area contributed by atoms with Gasteiger partial charge in [-0.05, 0) is 13.3 Å². The van der Waals surface area contributed by atoms with E-state index in [-0.39, 0.29) is 0 Å². The average molecular weight is 286 g/mol. The van der Waals surface area contributed by atoms with Crippen molar-refractivity contribution >= 4 is 5.82 Å². The molecular weight excluding hydrogens is 264 g/mol. The highest BCUT2D eigenvalue weighted by molar-refractivity contribution is 5.39. The SMILES string of the molecule is Cc1cc(N(C)C2CCN(Cc3cncn3C)C2)ncn1. The van der Waals surface area contributed by atoms with Gasteiger partial charge in [0.1, 0.15) is 12.1 Å². The Balaban J connectivity index is 1.63. The minimum atomic E-state index is 0.507. The molecule has 6 nitrogen and oxygen atoms in total. The molecule has 1 atom stereocenters. The monoisotopic (exact) mass is 286 g/mol. The molecule has 0 amide bonds. The summed E-state index contributed by atoms with van der Waals surface area (Å²) in [5.41, 5.74) is 2.27. The fourth-order valence-corrected chi connectivity index (χ4v) is 2.86. The second kappa shape index (κ2) is 5.81.